The molecule has 0 aliphatic rings. The van der Waals surface area contributed by atoms with Gasteiger partial charge in [0.15, 0.2) is 0 Å². The van der Waals surface area contributed by atoms with Gasteiger partial charge in [-0.15, -0.1) is 0 Å². The van der Waals surface area contributed by atoms with Gasteiger partial charge in [0, 0.05) is 36.8 Å². The second-order valence-electron chi connectivity index (χ2n) is 3.15. The molecule has 0 aromatic carbocycles. The third kappa shape index (κ3) is 1.59. The molecule has 0 amide bonds. The summed E-state index contributed by atoms with van der Waals surface area (Å²) in [6.07, 6.45) is 7.52. The Hall–Kier alpha value is -1.64. The number of hydrogen-bond acceptors (Lipinski definition) is 2. The molecule has 3 nitrogen and oxygen atoms in total. The van der Waals surface area contributed by atoms with Crippen molar-refractivity contribution in [2.45, 2.75) is 6.92 Å². The predicted octanol–water partition coefficient (Wildman–Crippen LogP) is 1.79. The van der Waals surface area contributed by atoms with Crippen LogP contribution in [0.4, 0.5) is 0 Å². The quantitative estimate of drug-likeness (QED) is 0.658. The van der Waals surface area contributed by atoms with Crippen LogP contribution in [0.25, 0.3) is 11.1 Å². The van der Waals surface area contributed by atoms with Crippen molar-refractivity contribution in [2.24, 2.45) is 7.05 Å². The van der Waals surface area contributed by atoms with Gasteiger partial charge in [0.25, 0.3) is 0 Å². The zero-order valence-electron chi connectivity index (χ0n) is 7.73. The normalized spacial score (nSPS) is 10.3. The van der Waals surface area contributed by atoms with Gasteiger partial charge in [-0.25, -0.2) is 0 Å². The molecular weight excluding hydrogens is 162 g/mol. The summed E-state index contributed by atoms with van der Waals surface area (Å²) in [5, 5.41) is 4.11. The number of aromatic nitrogens is 3. The Morgan fingerprint density at radius 3 is 2.62 bits per heavy atom. The Balaban J connectivity index is 2.46. The largest absolute Gasteiger partial charge is 0.275 e. The molecule has 0 bridgehead atoms. The van der Waals surface area contributed by atoms with E-state index in [9.17, 15) is 0 Å². The van der Waals surface area contributed by atoms with Crippen LogP contribution in [0.15, 0.2) is 30.9 Å². The van der Waals surface area contributed by atoms with E-state index in [2.05, 4.69) is 16.1 Å². The third-order valence-corrected chi connectivity index (χ3v) is 1.91. The molecule has 0 spiro atoms. The second-order valence-corrected chi connectivity index (χ2v) is 3.15. The highest BCUT2D eigenvalue weighted by Gasteiger charge is 1.99. The number of nitrogens with zero attached hydrogens (tertiary/aromatic N) is 3. The van der Waals surface area contributed by atoms with Crippen LogP contribution in [-0.2, 0) is 7.05 Å². The predicted molar refractivity (Wildman–Crippen MR) is 51.2 cm³/mol. The smallest absolute Gasteiger partial charge is 0.0568 e. The van der Waals surface area contributed by atoms with E-state index in [1.807, 2.05) is 38.8 Å². The van der Waals surface area contributed by atoms with Gasteiger partial charge in [-0.3, -0.25) is 9.67 Å². The molecule has 0 aliphatic carbocycles. The summed E-state index contributed by atoms with van der Waals surface area (Å²) in [5.74, 6) is 0. The number of aryl methyl sites for hydroxylation is 2. The van der Waals surface area contributed by atoms with Crippen LogP contribution in [-0.4, -0.2) is 14.8 Å². The van der Waals surface area contributed by atoms with Gasteiger partial charge in [-0.2, -0.15) is 5.10 Å². The van der Waals surface area contributed by atoms with E-state index in [1.54, 1.807) is 4.68 Å². The molecule has 0 aliphatic heterocycles. The molecule has 2 rings (SSSR count). The fraction of sp³-hybridized carbons (Fsp3) is 0.200. The number of hydrogen-bond donors (Lipinski definition) is 0. The van der Waals surface area contributed by atoms with Crippen molar-refractivity contribution in [1.29, 1.82) is 0 Å². The van der Waals surface area contributed by atoms with E-state index in [0.29, 0.717) is 0 Å². The SMILES string of the molecule is Cc1cncc(-c2cnn(C)c2)c1. The molecule has 2 heterocycles. The van der Waals surface area contributed by atoms with E-state index in [1.165, 1.54) is 5.56 Å². The molecule has 2 aromatic heterocycles. The molecule has 0 radical (unpaired) electrons. The molecule has 0 unspecified atom stereocenters. The molecule has 2 aromatic rings. The van der Waals surface area contributed by atoms with Crippen LogP contribution in [0.5, 0.6) is 0 Å². The second kappa shape index (κ2) is 3.01. The molecule has 0 saturated heterocycles. The summed E-state index contributed by atoms with van der Waals surface area (Å²) >= 11 is 0. The van der Waals surface area contributed by atoms with Crippen molar-refractivity contribution in [3.63, 3.8) is 0 Å². The van der Waals surface area contributed by atoms with Crippen LogP contribution < -0.4 is 0 Å². The third-order valence-electron chi connectivity index (χ3n) is 1.91. The highest BCUT2D eigenvalue weighted by molar-refractivity contribution is 5.60. The van der Waals surface area contributed by atoms with Crippen molar-refractivity contribution in [3.8, 4) is 11.1 Å². The first kappa shape index (κ1) is 7.98. The summed E-state index contributed by atoms with van der Waals surface area (Å²) in [6.45, 7) is 2.03. The fourth-order valence-electron chi connectivity index (χ4n) is 1.28. The zero-order valence-corrected chi connectivity index (χ0v) is 7.73. The van der Waals surface area contributed by atoms with Gasteiger partial charge in [0.2, 0.25) is 0 Å². The van der Waals surface area contributed by atoms with Gasteiger partial charge >= 0.3 is 0 Å². The maximum Gasteiger partial charge on any atom is 0.0568 e. The molecule has 3 heteroatoms. The van der Waals surface area contributed by atoms with E-state index in [-0.39, 0.29) is 0 Å². The van der Waals surface area contributed by atoms with Crippen molar-refractivity contribution in [1.82, 2.24) is 14.8 Å². The Morgan fingerprint density at radius 2 is 2.00 bits per heavy atom. The number of rotatable bonds is 1. The lowest BCUT2D eigenvalue weighted by molar-refractivity contribution is 0.768. The highest BCUT2D eigenvalue weighted by Crippen LogP contribution is 2.17. The maximum atomic E-state index is 4.13. The first-order chi connectivity index (χ1) is 6.25. The van der Waals surface area contributed by atoms with Gasteiger partial charge < -0.3 is 0 Å². The molecule has 0 atom stereocenters. The van der Waals surface area contributed by atoms with Crippen LogP contribution >= 0.6 is 0 Å². The minimum absolute atomic E-state index is 1.11. The molecule has 0 N–H and O–H groups in total. The van der Waals surface area contributed by atoms with Crippen molar-refractivity contribution in [3.05, 3.63) is 36.4 Å². The monoisotopic (exact) mass is 173 g/mol. The maximum absolute atomic E-state index is 4.13. The molecular formula is C10H11N3. The lowest BCUT2D eigenvalue weighted by atomic mass is 10.1. The average Bonchev–Trinajstić information content (AvgIpc) is 2.52. The van der Waals surface area contributed by atoms with Crippen molar-refractivity contribution < 1.29 is 0 Å². The van der Waals surface area contributed by atoms with Gasteiger partial charge in [0.05, 0.1) is 6.20 Å². The van der Waals surface area contributed by atoms with Gasteiger partial charge in [0.1, 0.15) is 0 Å². The minimum atomic E-state index is 1.11. The van der Waals surface area contributed by atoms with Crippen LogP contribution in [0.2, 0.25) is 0 Å². The standard InChI is InChI=1S/C10H11N3/c1-8-3-9(5-11-4-8)10-6-12-13(2)7-10/h3-7H,1-2H3. The van der Waals surface area contributed by atoms with Gasteiger partial charge in [-0.1, -0.05) is 0 Å². The molecule has 0 saturated carbocycles. The van der Waals surface area contributed by atoms with Crippen LogP contribution in [0.1, 0.15) is 5.56 Å². The molecule has 13 heavy (non-hydrogen) atoms. The summed E-state index contributed by atoms with van der Waals surface area (Å²) in [4.78, 5) is 4.13. The topological polar surface area (TPSA) is 30.7 Å². The van der Waals surface area contributed by atoms with E-state index in [4.69, 9.17) is 0 Å². The average molecular weight is 173 g/mol. The van der Waals surface area contributed by atoms with E-state index >= 15 is 0 Å². The zero-order chi connectivity index (χ0) is 9.26. The van der Waals surface area contributed by atoms with E-state index in [0.717, 1.165) is 11.1 Å². The summed E-state index contributed by atoms with van der Waals surface area (Å²) in [5.41, 5.74) is 3.40. The van der Waals surface area contributed by atoms with Crippen molar-refractivity contribution >= 4 is 0 Å². The van der Waals surface area contributed by atoms with Gasteiger partial charge in [-0.05, 0) is 18.6 Å². The Morgan fingerprint density at radius 1 is 1.15 bits per heavy atom. The van der Waals surface area contributed by atoms with Crippen LogP contribution in [0, 0.1) is 6.92 Å². The summed E-state index contributed by atoms with van der Waals surface area (Å²) in [7, 11) is 1.91. The summed E-state index contributed by atoms with van der Waals surface area (Å²) < 4.78 is 1.79. The first-order valence-electron chi connectivity index (χ1n) is 4.16. The summed E-state index contributed by atoms with van der Waals surface area (Å²) in [6, 6.07) is 2.10. The Bertz CT molecular complexity index is 418. The van der Waals surface area contributed by atoms with Crippen LogP contribution in [0.3, 0.4) is 0 Å². The molecule has 0 fully saturated rings. The Labute approximate surface area is 77.0 Å². The number of pyridine rings is 1. The van der Waals surface area contributed by atoms with Crippen molar-refractivity contribution in [2.75, 3.05) is 0 Å². The highest BCUT2D eigenvalue weighted by atomic mass is 15.2. The lowest BCUT2D eigenvalue weighted by Gasteiger charge is -1.96. The first-order valence-corrected chi connectivity index (χ1v) is 4.16. The minimum Gasteiger partial charge on any atom is -0.275 e. The van der Waals surface area contributed by atoms with E-state index < -0.39 is 0 Å². The molecule has 66 valence electrons. The fourth-order valence-corrected chi connectivity index (χ4v) is 1.28. The Kier molecular flexibility index (Phi) is 1.85. The lowest BCUT2D eigenvalue weighted by Crippen LogP contribution is -1.84.